The van der Waals surface area contributed by atoms with Crippen LogP contribution in [0, 0.1) is 0 Å². The van der Waals surface area contributed by atoms with Crippen LogP contribution in [0.3, 0.4) is 0 Å². The Hall–Kier alpha value is -2.35. The maximum Gasteiger partial charge on any atom is 0.247 e. The molecule has 152 valence electrons. The van der Waals surface area contributed by atoms with Crippen molar-refractivity contribution in [2.24, 2.45) is 0 Å². The molecule has 29 heavy (non-hydrogen) atoms. The lowest BCUT2D eigenvalue weighted by atomic mass is 9.97. The fraction of sp³-hybridized carbons (Fsp3) is 0.318. The molecule has 0 fully saturated rings. The van der Waals surface area contributed by atoms with E-state index in [1.165, 1.54) is 0 Å². The number of rotatable bonds is 8. The average molecular weight is 460 g/mol. The summed E-state index contributed by atoms with van der Waals surface area (Å²) in [6.45, 7) is 1.66. The number of ether oxygens (including phenoxy) is 4. The van der Waals surface area contributed by atoms with E-state index in [4.69, 9.17) is 18.9 Å². The Morgan fingerprint density at radius 3 is 2.76 bits per heavy atom. The van der Waals surface area contributed by atoms with E-state index in [0.717, 1.165) is 21.3 Å². The van der Waals surface area contributed by atoms with E-state index < -0.39 is 0 Å². The van der Waals surface area contributed by atoms with Gasteiger partial charge in [-0.2, -0.15) is 0 Å². The predicted octanol–water partition coefficient (Wildman–Crippen LogP) is 3.85. The highest BCUT2D eigenvalue weighted by Gasteiger charge is 2.41. The summed E-state index contributed by atoms with van der Waals surface area (Å²) in [7, 11) is 1.63. The number of carbonyl (C=O) groups excluding carboxylic acids is 1. The minimum Gasteiger partial charge on any atom is -0.483 e. The Bertz CT molecular complexity index is 899. The number of nitrogens with zero attached hydrogens (tertiary/aromatic N) is 1. The van der Waals surface area contributed by atoms with Gasteiger partial charge in [-0.3, -0.25) is 4.79 Å². The molecule has 4 rings (SSSR count). The number of hydrogen-bond donors (Lipinski definition) is 0. The van der Waals surface area contributed by atoms with Crippen LogP contribution in [0.15, 0.2) is 59.1 Å². The third-order valence-electron chi connectivity index (χ3n) is 4.93. The summed E-state index contributed by atoms with van der Waals surface area (Å²) >= 11 is 3.45. The molecule has 2 heterocycles. The number of benzene rings is 2. The highest BCUT2D eigenvalue weighted by atomic mass is 79.9. The van der Waals surface area contributed by atoms with E-state index in [1.54, 1.807) is 13.2 Å². The van der Waals surface area contributed by atoms with Gasteiger partial charge in [-0.05, 0) is 35.9 Å². The maximum absolute atomic E-state index is 12.6. The maximum atomic E-state index is 12.6. The third-order valence-corrected chi connectivity index (χ3v) is 5.46. The summed E-state index contributed by atoms with van der Waals surface area (Å²) in [5.74, 6) is 1.38. The van der Waals surface area contributed by atoms with Crippen molar-refractivity contribution in [1.29, 1.82) is 0 Å². The second-order valence-corrected chi connectivity index (χ2v) is 7.76. The van der Waals surface area contributed by atoms with Crippen LogP contribution in [-0.2, 0) is 20.8 Å². The van der Waals surface area contributed by atoms with Crippen LogP contribution < -0.4 is 9.47 Å². The first-order valence-electron chi connectivity index (χ1n) is 9.39. The summed E-state index contributed by atoms with van der Waals surface area (Å²) in [6.07, 6.45) is 3.22. The summed E-state index contributed by atoms with van der Waals surface area (Å²) < 4.78 is 23.0. The molecule has 0 N–H and O–H groups in total. The average Bonchev–Trinajstić information content (AvgIpc) is 3.09. The van der Waals surface area contributed by atoms with Crippen molar-refractivity contribution in [2.75, 3.05) is 27.1 Å². The number of halogens is 1. The van der Waals surface area contributed by atoms with E-state index in [9.17, 15) is 4.79 Å². The molecule has 0 aromatic heterocycles. The summed E-state index contributed by atoms with van der Waals surface area (Å²) in [5, 5.41) is 0. The summed E-state index contributed by atoms with van der Waals surface area (Å²) in [6, 6.07) is 13.5. The van der Waals surface area contributed by atoms with Crippen molar-refractivity contribution in [2.45, 2.75) is 18.7 Å². The third kappa shape index (κ3) is 4.47. The van der Waals surface area contributed by atoms with E-state index >= 15 is 0 Å². The molecular weight excluding hydrogens is 438 g/mol. The Balaban J connectivity index is 1.49. The van der Waals surface area contributed by atoms with Crippen LogP contribution >= 0.6 is 15.9 Å². The molecule has 2 aromatic rings. The molecular formula is C22H22BrNO5. The summed E-state index contributed by atoms with van der Waals surface area (Å²) in [4.78, 5) is 14.5. The molecule has 2 atom stereocenters. The van der Waals surface area contributed by atoms with Crippen LogP contribution in [0.1, 0.15) is 17.2 Å². The van der Waals surface area contributed by atoms with Gasteiger partial charge >= 0.3 is 0 Å². The number of fused-ring (bicyclic) bond motifs is 3. The smallest absolute Gasteiger partial charge is 0.247 e. The van der Waals surface area contributed by atoms with Crippen LogP contribution in [0.4, 0.5) is 0 Å². The Labute approximate surface area is 178 Å². The molecule has 0 saturated heterocycles. The second kappa shape index (κ2) is 8.98. The topological polar surface area (TPSA) is 57.2 Å². The van der Waals surface area contributed by atoms with Gasteiger partial charge in [0.1, 0.15) is 23.6 Å². The zero-order chi connectivity index (χ0) is 20.2. The Morgan fingerprint density at radius 2 is 1.97 bits per heavy atom. The van der Waals surface area contributed by atoms with Crippen LogP contribution in [0.5, 0.6) is 11.5 Å². The van der Waals surface area contributed by atoms with Gasteiger partial charge in [-0.1, -0.05) is 28.1 Å². The zero-order valence-corrected chi connectivity index (χ0v) is 17.6. The molecule has 0 radical (unpaired) electrons. The minimum atomic E-state index is -0.202. The first-order valence-corrected chi connectivity index (χ1v) is 10.2. The molecule has 0 unspecified atom stereocenters. The van der Waals surface area contributed by atoms with Gasteiger partial charge in [0.05, 0.1) is 13.2 Å². The van der Waals surface area contributed by atoms with Crippen molar-refractivity contribution in [3.63, 3.8) is 0 Å². The second-order valence-electron chi connectivity index (χ2n) is 6.84. The van der Waals surface area contributed by atoms with Crippen molar-refractivity contribution in [3.05, 3.63) is 70.2 Å². The molecule has 6 nitrogen and oxygen atoms in total. The molecule has 0 saturated carbocycles. The number of amides is 1. The van der Waals surface area contributed by atoms with E-state index in [0.29, 0.717) is 25.5 Å². The molecule has 0 bridgehead atoms. The SMILES string of the molecule is COCCOCOc1ccc2c(c1)O[C@@H]1C=CC(=O)N(Cc3ccc(Br)cc3)[C@@H]21. The lowest BCUT2D eigenvalue weighted by molar-refractivity contribution is -0.131. The molecule has 0 spiro atoms. The summed E-state index contributed by atoms with van der Waals surface area (Å²) in [5.41, 5.74) is 2.05. The highest BCUT2D eigenvalue weighted by molar-refractivity contribution is 9.10. The molecule has 7 heteroatoms. The molecule has 2 aliphatic heterocycles. The van der Waals surface area contributed by atoms with Crippen LogP contribution in [-0.4, -0.2) is 44.0 Å². The molecule has 1 amide bonds. The quantitative estimate of drug-likeness (QED) is 0.443. The standard InChI is InChI=1S/C22H22BrNO5/c1-26-10-11-27-14-28-17-6-7-18-20(12-17)29-19-8-9-21(25)24(22(18)19)13-15-2-4-16(23)5-3-15/h2-9,12,19,22H,10-11,13-14H2,1H3/t19-,22+/m1/s1. The fourth-order valence-corrected chi connectivity index (χ4v) is 3.78. The van der Waals surface area contributed by atoms with Gasteiger partial charge in [-0.15, -0.1) is 0 Å². The molecule has 0 aliphatic carbocycles. The monoisotopic (exact) mass is 459 g/mol. The van der Waals surface area contributed by atoms with Gasteiger partial charge in [-0.25, -0.2) is 0 Å². The van der Waals surface area contributed by atoms with Crippen molar-refractivity contribution >= 4 is 21.8 Å². The number of carbonyl (C=O) groups is 1. The van der Waals surface area contributed by atoms with Gasteiger partial charge in [0.2, 0.25) is 5.91 Å². The van der Waals surface area contributed by atoms with Crippen LogP contribution in [0.25, 0.3) is 0 Å². The van der Waals surface area contributed by atoms with E-state index in [-0.39, 0.29) is 24.8 Å². The van der Waals surface area contributed by atoms with Gasteiger partial charge < -0.3 is 23.8 Å². The molecule has 2 aromatic carbocycles. The fourth-order valence-electron chi connectivity index (χ4n) is 3.51. The lowest BCUT2D eigenvalue weighted by Crippen LogP contribution is -2.41. The predicted molar refractivity (Wildman–Crippen MR) is 111 cm³/mol. The van der Waals surface area contributed by atoms with E-state index in [1.807, 2.05) is 53.4 Å². The first-order chi connectivity index (χ1) is 14.2. The van der Waals surface area contributed by atoms with E-state index in [2.05, 4.69) is 15.9 Å². The van der Waals surface area contributed by atoms with Crippen molar-refractivity contribution in [1.82, 2.24) is 4.90 Å². The van der Waals surface area contributed by atoms with Gasteiger partial charge in [0.15, 0.2) is 6.79 Å². The lowest BCUT2D eigenvalue weighted by Gasteiger charge is -2.33. The zero-order valence-electron chi connectivity index (χ0n) is 16.0. The van der Waals surface area contributed by atoms with Gasteiger partial charge in [0, 0.05) is 35.8 Å². The van der Waals surface area contributed by atoms with Gasteiger partial charge in [0.25, 0.3) is 0 Å². The first kappa shape index (κ1) is 19.9. The Morgan fingerprint density at radius 1 is 1.14 bits per heavy atom. The minimum absolute atomic E-state index is 0.0162. The largest absolute Gasteiger partial charge is 0.483 e. The Kier molecular flexibility index (Phi) is 6.18. The number of methoxy groups -OCH3 is 1. The van der Waals surface area contributed by atoms with Crippen LogP contribution in [0.2, 0.25) is 0 Å². The van der Waals surface area contributed by atoms with Crippen molar-refractivity contribution < 1.29 is 23.7 Å². The molecule has 2 aliphatic rings. The van der Waals surface area contributed by atoms with Crippen molar-refractivity contribution in [3.8, 4) is 11.5 Å². The number of hydrogen-bond acceptors (Lipinski definition) is 5. The normalized spacial score (nSPS) is 19.7. The highest BCUT2D eigenvalue weighted by Crippen LogP contribution is 2.44.